The Bertz CT molecular complexity index is 423. The van der Waals surface area contributed by atoms with Crippen molar-refractivity contribution < 1.29 is 13.2 Å². The molecule has 1 aromatic rings. The molecule has 0 amide bonds. The van der Waals surface area contributed by atoms with Crippen molar-refractivity contribution in [2.24, 2.45) is 0 Å². The zero-order valence-corrected chi connectivity index (χ0v) is 9.60. The zero-order valence-electron chi connectivity index (χ0n) is 8.79. The van der Waals surface area contributed by atoms with E-state index in [1.807, 2.05) is 0 Å². The van der Waals surface area contributed by atoms with Crippen molar-refractivity contribution in [3.05, 3.63) is 23.3 Å². The SMILES string of the molecule is COc1cc(C)c(S(C)(=O)=O)c(C)c1. The van der Waals surface area contributed by atoms with E-state index in [-0.39, 0.29) is 0 Å². The number of hydrogen-bond donors (Lipinski definition) is 0. The van der Waals surface area contributed by atoms with Gasteiger partial charge in [0.2, 0.25) is 0 Å². The Hall–Kier alpha value is -1.03. The highest BCUT2D eigenvalue weighted by molar-refractivity contribution is 7.90. The van der Waals surface area contributed by atoms with Gasteiger partial charge in [-0.2, -0.15) is 0 Å². The van der Waals surface area contributed by atoms with Gasteiger partial charge in [-0.1, -0.05) is 0 Å². The maximum Gasteiger partial charge on any atom is 0.176 e. The standard InChI is InChI=1S/C10H14O3S/c1-7-5-9(13-3)6-8(2)10(7)14(4,11)12/h5-6H,1-4H3. The van der Waals surface area contributed by atoms with Crippen LogP contribution in [0.1, 0.15) is 11.1 Å². The summed E-state index contributed by atoms with van der Waals surface area (Å²) in [6.45, 7) is 3.54. The van der Waals surface area contributed by atoms with Gasteiger partial charge in [0.05, 0.1) is 12.0 Å². The molecule has 0 saturated carbocycles. The van der Waals surface area contributed by atoms with E-state index in [1.54, 1.807) is 33.1 Å². The molecule has 0 aliphatic rings. The number of rotatable bonds is 2. The highest BCUT2D eigenvalue weighted by Crippen LogP contribution is 2.25. The van der Waals surface area contributed by atoms with Gasteiger partial charge in [-0.15, -0.1) is 0 Å². The van der Waals surface area contributed by atoms with Crippen LogP contribution in [-0.2, 0) is 9.84 Å². The van der Waals surface area contributed by atoms with E-state index in [0.29, 0.717) is 10.6 Å². The molecule has 0 aliphatic heterocycles. The van der Waals surface area contributed by atoms with Gasteiger partial charge in [0.15, 0.2) is 9.84 Å². The lowest BCUT2D eigenvalue weighted by atomic mass is 10.1. The maximum atomic E-state index is 11.4. The molecule has 0 bridgehead atoms. The summed E-state index contributed by atoms with van der Waals surface area (Å²) in [5, 5.41) is 0. The summed E-state index contributed by atoms with van der Waals surface area (Å²) >= 11 is 0. The molecule has 1 aromatic carbocycles. The first kappa shape index (κ1) is 11.0. The summed E-state index contributed by atoms with van der Waals surface area (Å²) in [5.41, 5.74) is 1.45. The summed E-state index contributed by atoms with van der Waals surface area (Å²) in [5.74, 6) is 0.687. The minimum Gasteiger partial charge on any atom is -0.497 e. The van der Waals surface area contributed by atoms with Crippen molar-refractivity contribution in [3.8, 4) is 5.75 Å². The fourth-order valence-electron chi connectivity index (χ4n) is 1.61. The number of aryl methyl sites for hydroxylation is 2. The first-order valence-corrected chi connectivity index (χ1v) is 6.10. The normalized spacial score (nSPS) is 11.4. The molecule has 0 atom stereocenters. The molecule has 14 heavy (non-hydrogen) atoms. The Morgan fingerprint density at radius 3 is 1.86 bits per heavy atom. The van der Waals surface area contributed by atoms with Crippen LogP contribution in [0.25, 0.3) is 0 Å². The second kappa shape index (κ2) is 3.61. The van der Waals surface area contributed by atoms with Gasteiger partial charge in [-0.05, 0) is 37.1 Å². The molecular weight excluding hydrogens is 200 g/mol. The molecule has 78 valence electrons. The summed E-state index contributed by atoms with van der Waals surface area (Å²) in [6.07, 6.45) is 1.22. The number of ether oxygens (including phenoxy) is 1. The van der Waals surface area contributed by atoms with Crippen molar-refractivity contribution in [1.82, 2.24) is 0 Å². The highest BCUT2D eigenvalue weighted by Gasteiger charge is 2.14. The van der Waals surface area contributed by atoms with Crippen LogP contribution >= 0.6 is 0 Å². The van der Waals surface area contributed by atoms with Gasteiger partial charge < -0.3 is 4.74 Å². The van der Waals surface area contributed by atoms with Crippen molar-refractivity contribution in [2.75, 3.05) is 13.4 Å². The van der Waals surface area contributed by atoms with Crippen molar-refractivity contribution in [1.29, 1.82) is 0 Å². The molecule has 0 spiro atoms. The molecule has 3 nitrogen and oxygen atoms in total. The van der Waals surface area contributed by atoms with Crippen LogP contribution in [0.4, 0.5) is 0 Å². The fraction of sp³-hybridized carbons (Fsp3) is 0.400. The second-order valence-electron chi connectivity index (χ2n) is 3.36. The third-order valence-corrected chi connectivity index (χ3v) is 3.43. The van der Waals surface area contributed by atoms with E-state index in [2.05, 4.69) is 0 Å². The predicted octanol–water partition coefficient (Wildman–Crippen LogP) is 1.72. The zero-order chi connectivity index (χ0) is 10.9. The Labute approximate surface area is 84.6 Å². The van der Waals surface area contributed by atoms with Gasteiger partial charge >= 0.3 is 0 Å². The van der Waals surface area contributed by atoms with Crippen LogP contribution in [0, 0.1) is 13.8 Å². The quantitative estimate of drug-likeness (QED) is 0.752. The first-order chi connectivity index (χ1) is 6.36. The van der Waals surface area contributed by atoms with E-state index in [0.717, 1.165) is 11.1 Å². The largest absolute Gasteiger partial charge is 0.497 e. The maximum absolute atomic E-state index is 11.4. The third-order valence-electron chi connectivity index (χ3n) is 2.04. The van der Waals surface area contributed by atoms with Crippen molar-refractivity contribution >= 4 is 9.84 Å². The van der Waals surface area contributed by atoms with Gasteiger partial charge in [-0.25, -0.2) is 8.42 Å². The average Bonchev–Trinajstić information content (AvgIpc) is 1.99. The van der Waals surface area contributed by atoms with Crippen LogP contribution in [-0.4, -0.2) is 21.8 Å². The summed E-state index contributed by atoms with van der Waals surface area (Å²) < 4.78 is 27.9. The molecule has 0 fully saturated rings. The number of hydrogen-bond acceptors (Lipinski definition) is 3. The highest BCUT2D eigenvalue weighted by atomic mass is 32.2. The monoisotopic (exact) mass is 214 g/mol. The van der Waals surface area contributed by atoms with Crippen LogP contribution in [0.5, 0.6) is 5.75 Å². The van der Waals surface area contributed by atoms with E-state index >= 15 is 0 Å². The van der Waals surface area contributed by atoms with Gasteiger partial charge in [0.1, 0.15) is 5.75 Å². The molecule has 0 unspecified atom stereocenters. The molecular formula is C10H14O3S. The molecule has 0 radical (unpaired) electrons. The lowest BCUT2D eigenvalue weighted by Gasteiger charge is -2.09. The van der Waals surface area contributed by atoms with Crippen LogP contribution < -0.4 is 4.74 Å². The minimum absolute atomic E-state index is 0.401. The van der Waals surface area contributed by atoms with E-state index in [4.69, 9.17) is 4.74 Å². The Morgan fingerprint density at radius 1 is 1.14 bits per heavy atom. The number of benzene rings is 1. The number of methoxy groups -OCH3 is 1. The first-order valence-electron chi connectivity index (χ1n) is 4.21. The molecule has 1 rings (SSSR count). The average molecular weight is 214 g/mol. The van der Waals surface area contributed by atoms with Crippen molar-refractivity contribution in [3.63, 3.8) is 0 Å². The third kappa shape index (κ3) is 2.07. The van der Waals surface area contributed by atoms with Gasteiger partial charge in [-0.3, -0.25) is 0 Å². The topological polar surface area (TPSA) is 43.4 Å². The van der Waals surface area contributed by atoms with Gasteiger partial charge in [0.25, 0.3) is 0 Å². The van der Waals surface area contributed by atoms with E-state index in [9.17, 15) is 8.42 Å². The van der Waals surface area contributed by atoms with E-state index < -0.39 is 9.84 Å². The van der Waals surface area contributed by atoms with Crippen LogP contribution in [0.3, 0.4) is 0 Å². The minimum atomic E-state index is -3.14. The lowest BCUT2D eigenvalue weighted by molar-refractivity contribution is 0.413. The van der Waals surface area contributed by atoms with Crippen LogP contribution in [0.15, 0.2) is 17.0 Å². The smallest absolute Gasteiger partial charge is 0.176 e. The fourth-order valence-corrected chi connectivity index (χ4v) is 2.90. The Balaban J connectivity index is 3.48. The molecule has 4 heteroatoms. The van der Waals surface area contributed by atoms with Crippen molar-refractivity contribution in [2.45, 2.75) is 18.7 Å². The summed E-state index contributed by atoms with van der Waals surface area (Å²) in [4.78, 5) is 0.401. The lowest BCUT2D eigenvalue weighted by Crippen LogP contribution is -2.03. The van der Waals surface area contributed by atoms with E-state index in [1.165, 1.54) is 6.26 Å². The Kier molecular flexibility index (Phi) is 2.85. The summed E-state index contributed by atoms with van der Waals surface area (Å²) in [7, 11) is -1.58. The predicted molar refractivity (Wildman–Crippen MR) is 55.6 cm³/mol. The summed E-state index contributed by atoms with van der Waals surface area (Å²) in [6, 6.07) is 3.45. The Morgan fingerprint density at radius 2 is 1.57 bits per heavy atom. The van der Waals surface area contributed by atoms with Gasteiger partial charge in [0, 0.05) is 6.26 Å². The number of sulfone groups is 1. The molecule has 0 aromatic heterocycles. The molecule has 0 N–H and O–H groups in total. The second-order valence-corrected chi connectivity index (χ2v) is 5.32. The molecule has 0 heterocycles. The molecule has 0 saturated heterocycles. The van der Waals surface area contributed by atoms with Crippen LogP contribution in [0.2, 0.25) is 0 Å². The molecule has 0 aliphatic carbocycles.